The quantitative estimate of drug-likeness (QED) is 0.414. The molecule has 3 amide bonds. The van der Waals surface area contributed by atoms with Crippen LogP contribution in [-0.4, -0.2) is 46.8 Å². The zero-order chi connectivity index (χ0) is 25.8. The normalized spacial score (nSPS) is 19.1. The zero-order valence-electron chi connectivity index (χ0n) is 22.0. The first-order valence-corrected chi connectivity index (χ1v) is 15.9. The molecule has 1 unspecified atom stereocenters. The minimum Gasteiger partial charge on any atom is -0.396 e. The van der Waals surface area contributed by atoms with Crippen LogP contribution in [0.15, 0.2) is 30.3 Å². The fourth-order valence-corrected chi connectivity index (χ4v) is 7.65. The topological polar surface area (TPSA) is 110 Å². The van der Waals surface area contributed by atoms with Gasteiger partial charge >= 0.3 is 6.03 Å². The van der Waals surface area contributed by atoms with Crippen LogP contribution in [0.2, 0.25) is 24.7 Å². The van der Waals surface area contributed by atoms with Crippen LogP contribution in [0.3, 0.4) is 0 Å². The highest BCUT2D eigenvalue weighted by Crippen LogP contribution is 2.61. The van der Waals surface area contributed by atoms with Crippen molar-refractivity contribution in [1.29, 1.82) is 0 Å². The molecule has 191 valence electrons. The average Bonchev–Trinajstić information content (AvgIpc) is 3.46. The number of amides is 3. The summed E-state index contributed by atoms with van der Waals surface area (Å²) in [5.74, 6) is 0.578. The highest BCUT2D eigenvalue weighted by molar-refractivity contribution is 6.83. The van der Waals surface area contributed by atoms with Gasteiger partial charge in [0.15, 0.2) is 5.82 Å². The number of anilines is 1. The van der Waals surface area contributed by atoms with Crippen LogP contribution < -0.4 is 10.6 Å². The van der Waals surface area contributed by atoms with Crippen molar-refractivity contribution >= 4 is 25.8 Å². The summed E-state index contributed by atoms with van der Waals surface area (Å²) in [6.45, 7) is 14.8. The lowest BCUT2D eigenvalue weighted by molar-refractivity contribution is -0.117. The fraction of sp³-hybridized carbons (Fsp3) is 0.577. The van der Waals surface area contributed by atoms with Gasteiger partial charge in [-0.15, -0.1) is 8.07 Å². The third-order valence-corrected chi connectivity index (χ3v) is 11.8. The molecule has 1 fully saturated rings. The van der Waals surface area contributed by atoms with Crippen LogP contribution in [0.5, 0.6) is 0 Å². The number of carbonyl (C=O) groups excluding carboxylic acids is 2. The Bertz CT molecular complexity index is 1120. The second-order valence-electron chi connectivity index (χ2n) is 12.3. The maximum absolute atomic E-state index is 13.6. The lowest BCUT2D eigenvalue weighted by Crippen LogP contribution is -2.50. The molecular formula is C26H39N5O3Si-. The molecule has 2 aliphatic rings. The minimum atomic E-state index is -1.67. The molecule has 4 rings (SSSR count). The predicted octanol–water partition coefficient (Wildman–Crippen LogP) is 4.74. The number of nitrogens with zero attached hydrogens (tertiary/aromatic N) is 2. The Kier molecular flexibility index (Phi) is 6.16. The van der Waals surface area contributed by atoms with E-state index in [1.165, 1.54) is 0 Å². The van der Waals surface area contributed by atoms with Crippen molar-refractivity contribution in [2.24, 2.45) is 5.41 Å². The average molecular weight is 498 g/mol. The molecule has 0 bridgehead atoms. The number of aliphatic hydroxyl groups excluding tert-OH is 1. The Morgan fingerprint density at radius 1 is 1.20 bits per heavy atom. The zero-order valence-corrected chi connectivity index (χ0v) is 23.0. The number of urea groups is 1. The van der Waals surface area contributed by atoms with Crippen LogP contribution in [0, 0.1) is 5.41 Å². The van der Waals surface area contributed by atoms with Crippen LogP contribution in [-0.2, 0) is 16.9 Å². The van der Waals surface area contributed by atoms with Gasteiger partial charge in [0, 0.05) is 11.0 Å². The number of fused-ring (bicyclic) bond motifs is 1. The molecule has 0 radical (unpaired) electrons. The van der Waals surface area contributed by atoms with Crippen molar-refractivity contribution in [3.05, 3.63) is 47.2 Å². The van der Waals surface area contributed by atoms with Gasteiger partial charge in [-0.25, -0.2) is 4.79 Å². The number of hydrogen-bond donors (Lipinski definition) is 4. The minimum absolute atomic E-state index is 0.0560. The van der Waals surface area contributed by atoms with E-state index in [1.54, 1.807) is 4.90 Å². The summed E-state index contributed by atoms with van der Waals surface area (Å²) in [7, 11) is -1.67. The monoisotopic (exact) mass is 497 g/mol. The van der Waals surface area contributed by atoms with Gasteiger partial charge in [0.2, 0.25) is 5.91 Å². The van der Waals surface area contributed by atoms with E-state index in [2.05, 4.69) is 40.5 Å². The van der Waals surface area contributed by atoms with Crippen molar-refractivity contribution in [2.75, 3.05) is 11.9 Å². The van der Waals surface area contributed by atoms with Crippen LogP contribution >= 0.6 is 0 Å². The molecule has 9 heteroatoms. The summed E-state index contributed by atoms with van der Waals surface area (Å²) in [6.07, 6.45) is 1.87. The summed E-state index contributed by atoms with van der Waals surface area (Å²) in [6, 6.07) is 9.11. The summed E-state index contributed by atoms with van der Waals surface area (Å²) in [4.78, 5) is 28.6. The molecule has 2 heterocycles. The Balaban J connectivity index is 1.56. The highest BCUT2D eigenvalue weighted by atomic mass is 28.3. The molecule has 8 nitrogen and oxygen atoms in total. The number of aromatic amines is 1. The van der Waals surface area contributed by atoms with Gasteiger partial charge in [-0.05, 0) is 19.4 Å². The van der Waals surface area contributed by atoms with Crippen LogP contribution in [0.25, 0.3) is 0 Å². The molecule has 35 heavy (non-hydrogen) atoms. The number of benzene rings is 1. The molecule has 1 aromatic heterocycles. The number of nitrogens with one attached hydrogen (secondary N) is 3. The van der Waals surface area contributed by atoms with E-state index in [-0.39, 0.29) is 29.6 Å². The number of H-pyrrole nitrogens is 1. The number of carbonyl (C=O) groups is 2. The lowest BCUT2D eigenvalue weighted by Gasteiger charge is -2.38. The first-order chi connectivity index (χ1) is 16.2. The Hall–Kier alpha value is -2.65. The van der Waals surface area contributed by atoms with E-state index in [9.17, 15) is 14.7 Å². The second kappa shape index (κ2) is 8.48. The molecule has 1 aromatic carbocycles. The second-order valence-corrected chi connectivity index (χ2v) is 17.8. The molecule has 1 aliphatic heterocycles. The molecule has 0 spiro atoms. The van der Waals surface area contributed by atoms with E-state index in [0.717, 1.165) is 29.7 Å². The number of rotatable bonds is 7. The number of hydrogen-bond acceptors (Lipinski definition) is 4. The van der Waals surface area contributed by atoms with Crippen molar-refractivity contribution in [1.82, 2.24) is 20.4 Å². The smallest absolute Gasteiger partial charge is 0.318 e. The lowest BCUT2D eigenvalue weighted by atomic mass is 9.81. The third-order valence-electron chi connectivity index (χ3n) is 8.16. The molecular weight excluding hydrogens is 458 g/mol. The maximum atomic E-state index is 13.6. The predicted molar refractivity (Wildman–Crippen MR) is 140 cm³/mol. The summed E-state index contributed by atoms with van der Waals surface area (Å²) in [5.41, 5.74) is 1.41. The van der Waals surface area contributed by atoms with E-state index in [4.69, 9.17) is 0 Å². The molecule has 1 atom stereocenters. The van der Waals surface area contributed by atoms with Gasteiger partial charge < -0.3 is 20.6 Å². The molecule has 4 N–H and O–H groups in total. The van der Waals surface area contributed by atoms with E-state index in [0.29, 0.717) is 12.4 Å². The molecule has 2 aromatic rings. The summed E-state index contributed by atoms with van der Waals surface area (Å²) in [5, 5.41) is 23.6. The number of aliphatic hydroxyl groups is 1. The van der Waals surface area contributed by atoms with Crippen LogP contribution in [0.4, 0.5) is 10.6 Å². The third kappa shape index (κ3) is 4.29. The largest absolute Gasteiger partial charge is 0.396 e. The van der Waals surface area contributed by atoms with Crippen molar-refractivity contribution < 1.29 is 14.7 Å². The summed E-state index contributed by atoms with van der Waals surface area (Å²) < 4.78 is 0. The van der Waals surface area contributed by atoms with Gasteiger partial charge in [0.05, 0.1) is 30.4 Å². The van der Waals surface area contributed by atoms with Gasteiger partial charge in [-0.3, -0.25) is 9.89 Å². The SMILES string of the molecule is CC(C)(CO)C(NC(=O)N1Cc2c(NC(=O)C3([Si-](C)(C)C)CC3)n[nH]c2C1(C)C)c1ccccc1. The van der Waals surface area contributed by atoms with E-state index >= 15 is 0 Å². The van der Waals surface area contributed by atoms with Crippen LogP contribution in [0.1, 0.15) is 63.4 Å². The van der Waals surface area contributed by atoms with E-state index < -0.39 is 19.0 Å². The molecule has 0 saturated heterocycles. The Labute approximate surface area is 208 Å². The van der Waals surface area contributed by atoms with Crippen molar-refractivity contribution in [2.45, 2.75) is 83.3 Å². The van der Waals surface area contributed by atoms with Gasteiger partial charge in [-0.2, -0.15) is 24.7 Å². The molecule has 1 aliphatic carbocycles. The Morgan fingerprint density at radius 3 is 2.37 bits per heavy atom. The fourth-order valence-electron chi connectivity index (χ4n) is 5.28. The highest BCUT2D eigenvalue weighted by Gasteiger charge is 2.51. The molecule has 1 saturated carbocycles. The maximum Gasteiger partial charge on any atom is 0.318 e. The van der Waals surface area contributed by atoms with Gasteiger partial charge in [0.1, 0.15) is 0 Å². The first-order valence-electron chi connectivity index (χ1n) is 12.4. The van der Waals surface area contributed by atoms with Crippen molar-refractivity contribution in [3.63, 3.8) is 0 Å². The van der Waals surface area contributed by atoms with Gasteiger partial charge in [0.25, 0.3) is 0 Å². The number of aromatic nitrogens is 2. The van der Waals surface area contributed by atoms with Gasteiger partial charge in [-0.1, -0.05) is 62.1 Å². The first kappa shape index (κ1) is 25.4. The van der Waals surface area contributed by atoms with Crippen molar-refractivity contribution in [3.8, 4) is 0 Å². The Morgan fingerprint density at radius 2 is 1.83 bits per heavy atom. The standard InChI is InChI=1S/C26H39N5O3Si/c1-24(2,16-32)19(17-11-9-8-10-12-17)27-23(34)31-15-18-20(25(31,3)4)29-30-21(18)28-22(33)26(13-14-26)35(5,6)7/h8-12,19,32H,13-16H2,1-7H3,(H,27,34)(H2,28,29,30,33)/q-1. The van der Waals surface area contributed by atoms with E-state index in [1.807, 2.05) is 58.0 Å². The summed E-state index contributed by atoms with van der Waals surface area (Å²) >= 11 is 0.